The fourth-order valence-corrected chi connectivity index (χ4v) is 1.93. The molecule has 0 aliphatic carbocycles. The summed E-state index contributed by atoms with van der Waals surface area (Å²) in [6, 6.07) is 0. The summed E-state index contributed by atoms with van der Waals surface area (Å²) in [5.74, 6) is -1.31. The molecule has 0 aliphatic rings. The SMILES string of the molecule is CCN(CC)CC.Nc1c(Cl)c(Cl)nc(C(=O)O)c1Cl. The van der Waals surface area contributed by atoms with Gasteiger partial charge in [-0.2, -0.15) is 0 Å². The minimum absolute atomic E-state index is 0.0448. The molecule has 0 aromatic carbocycles. The van der Waals surface area contributed by atoms with Crippen molar-refractivity contribution in [1.82, 2.24) is 9.88 Å². The van der Waals surface area contributed by atoms with Crippen molar-refractivity contribution in [3.05, 3.63) is 20.9 Å². The molecule has 0 saturated carbocycles. The molecule has 0 unspecified atom stereocenters. The smallest absolute Gasteiger partial charge is 0.356 e. The summed E-state index contributed by atoms with van der Waals surface area (Å²) >= 11 is 16.6. The van der Waals surface area contributed by atoms with Crippen LogP contribution in [0.4, 0.5) is 5.69 Å². The number of nitrogens with two attached hydrogens (primary N) is 1. The predicted octanol–water partition coefficient (Wildman–Crippen LogP) is 3.67. The van der Waals surface area contributed by atoms with Gasteiger partial charge in [0, 0.05) is 0 Å². The Morgan fingerprint density at radius 1 is 1.15 bits per heavy atom. The van der Waals surface area contributed by atoms with E-state index in [4.69, 9.17) is 45.6 Å². The van der Waals surface area contributed by atoms with Gasteiger partial charge in [0.1, 0.15) is 5.02 Å². The molecule has 0 atom stereocenters. The monoisotopic (exact) mass is 341 g/mol. The second kappa shape index (κ2) is 9.23. The molecular formula is C12H18Cl3N3O2. The topological polar surface area (TPSA) is 79.5 Å². The minimum atomic E-state index is -1.31. The Bertz CT molecular complexity index is 460. The molecule has 0 radical (unpaired) electrons. The Balaban J connectivity index is 0.000000441. The minimum Gasteiger partial charge on any atom is -0.476 e. The quantitative estimate of drug-likeness (QED) is 0.816. The summed E-state index contributed by atoms with van der Waals surface area (Å²) in [6.07, 6.45) is 0. The molecule has 0 fully saturated rings. The first-order valence-corrected chi connectivity index (χ1v) is 7.18. The van der Waals surface area contributed by atoms with Gasteiger partial charge in [-0.1, -0.05) is 55.6 Å². The molecule has 114 valence electrons. The van der Waals surface area contributed by atoms with Crippen LogP contribution in [0, 0.1) is 0 Å². The number of anilines is 1. The third-order valence-electron chi connectivity index (χ3n) is 2.62. The van der Waals surface area contributed by atoms with Crippen LogP contribution in [0.25, 0.3) is 0 Å². The van der Waals surface area contributed by atoms with Gasteiger partial charge in [-0.15, -0.1) is 0 Å². The summed E-state index contributed by atoms with van der Waals surface area (Å²) in [6.45, 7) is 10.1. The number of rotatable bonds is 4. The average molecular weight is 343 g/mol. The summed E-state index contributed by atoms with van der Waals surface area (Å²) in [5, 5.41) is 8.17. The molecular weight excluding hydrogens is 325 g/mol. The van der Waals surface area contributed by atoms with Crippen molar-refractivity contribution >= 4 is 46.5 Å². The second-order valence-electron chi connectivity index (χ2n) is 3.72. The molecule has 3 N–H and O–H groups in total. The summed E-state index contributed by atoms with van der Waals surface area (Å²) < 4.78 is 0. The standard InChI is InChI=1S/C6H3Cl3N2O2.C6H15N/c7-1-3(10)2(8)5(9)11-4(1)6(12)13;1-4-7(5-2)6-3/h(H2,10,11)(H,12,13);4-6H2,1-3H3. The lowest BCUT2D eigenvalue weighted by atomic mass is 10.3. The molecule has 20 heavy (non-hydrogen) atoms. The van der Waals surface area contributed by atoms with E-state index in [1.165, 1.54) is 19.6 Å². The number of aromatic carboxylic acids is 1. The Morgan fingerprint density at radius 2 is 1.60 bits per heavy atom. The number of carboxylic acids is 1. The highest BCUT2D eigenvalue weighted by Gasteiger charge is 2.18. The van der Waals surface area contributed by atoms with E-state index < -0.39 is 11.7 Å². The Morgan fingerprint density at radius 3 is 1.90 bits per heavy atom. The molecule has 1 rings (SSSR count). The maximum atomic E-state index is 10.5. The van der Waals surface area contributed by atoms with E-state index in [1.54, 1.807) is 0 Å². The highest BCUT2D eigenvalue weighted by Crippen LogP contribution is 2.34. The first-order valence-electron chi connectivity index (χ1n) is 6.05. The number of pyridine rings is 1. The molecule has 1 aromatic rings. The molecule has 0 aliphatic heterocycles. The lowest BCUT2D eigenvalue weighted by Crippen LogP contribution is -2.21. The van der Waals surface area contributed by atoms with Crippen molar-refractivity contribution < 1.29 is 9.90 Å². The van der Waals surface area contributed by atoms with Gasteiger partial charge >= 0.3 is 5.97 Å². The molecule has 5 nitrogen and oxygen atoms in total. The number of hydrogen-bond acceptors (Lipinski definition) is 4. The van der Waals surface area contributed by atoms with E-state index in [9.17, 15) is 4.79 Å². The Hall–Kier alpha value is -0.750. The van der Waals surface area contributed by atoms with Gasteiger partial charge in [-0.05, 0) is 19.6 Å². The second-order valence-corrected chi connectivity index (χ2v) is 4.83. The molecule has 0 bridgehead atoms. The molecule has 0 spiro atoms. The van der Waals surface area contributed by atoms with Crippen molar-refractivity contribution in [3.8, 4) is 0 Å². The van der Waals surface area contributed by atoms with Crippen molar-refractivity contribution in [3.63, 3.8) is 0 Å². The number of hydrogen-bond donors (Lipinski definition) is 2. The van der Waals surface area contributed by atoms with Crippen LogP contribution in [-0.2, 0) is 0 Å². The zero-order valence-corrected chi connectivity index (χ0v) is 13.9. The Labute approximate surface area is 133 Å². The van der Waals surface area contributed by atoms with E-state index in [0.29, 0.717) is 0 Å². The van der Waals surface area contributed by atoms with E-state index in [-0.39, 0.29) is 20.9 Å². The van der Waals surface area contributed by atoms with Crippen LogP contribution in [0.2, 0.25) is 15.2 Å². The van der Waals surface area contributed by atoms with Gasteiger partial charge in [-0.25, -0.2) is 9.78 Å². The first kappa shape index (κ1) is 19.2. The zero-order valence-electron chi connectivity index (χ0n) is 11.6. The summed E-state index contributed by atoms with van der Waals surface area (Å²) in [5.41, 5.74) is 4.88. The molecule has 1 heterocycles. The number of carbonyl (C=O) groups is 1. The first-order chi connectivity index (χ1) is 9.29. The maximum absolute atomic E-state index is 10.5. The number of carboxylic acid groups (broad SMARTS) is 1. The maximum Gasteiger partial charge on any atom is 0.356 e. The van der Waals surface area contributed by atoms with E-state index >= 15 is 0 Å². The van der Waals surface area contributed by atoms with Gasteiger partial charge in [0.05, 0.1) is 10.7 Å². The summed E-state index contributed by atoms with van der Waals surface area (Å²) in [4.78, 5) is 16.4. The van der Waals surface area contributed by atoms with Gasteiger partial charge in [0.25, 0.3) is 0 Å². The fraction of sp³-hybridized carbons (Fsp3) is 0.500. The van der Waals surface area contributed by atoms with Crippen LogP contribution in [0.1, 0.15) is 31.3 Å². The largest absolute Gasteiger partial charge is 0.476 e. The highest BCUT2D eigenvalue weighted by atomic mass is 35.5. The van der Waals surface area contributed by atoms with Gasteiger partial charge in [-0.3, -0.25) is 0 Å². The van der Waals surface area contributed by atoms with Crippen LogP contribution in [0.5, 0.6) is 0 Å². The molecule has 1 aromatic heterocycles. The van der Waals surface area contributed by atoms with Crippen molar-refractivity contribution in [1.29, 1.82) is 0 Å². The fourth-order valence-electron chi connectivity index (χ4n) is 1.34. The Kier molecular flexibility index (Phi) is 8.89. The third kappa shape index (κ3) is 5.32. The number of nitrogen functional groups attached to an aromatic ring is 1. The molecule has 0 amide bonds. The van der Waals surface area contributed by atoms with Crippen LogP contribution in [0.3, 0.4) is 0 Å². The number of nitrogens with zero attached hydrogens (tertiary/aromatic N) is 2. The zero-order chi connectivity index (χ0) is 15.9. The van der Waals surface area contributed by atoms with Crippen molar-refractivity contribution in [2.24, 2.45) is 0 Å². The summed E-state index contributed by atoms with van der Waals surface area (Å²) in [7, 11) is 0. The average Bonchev–Trinajstić information content (AvgIpc) is 2.43. The molecule has 0 saturated heterocycles. The lowest BCUT2D eigenvalue weighted by molar-refractivity contribution is 0.0691. The highest BCUT2D eigenvalue weighted by molar-refractivity contribution is 6.46. The van der Waals surface area contributed by atoms with Gasteiger partial charge < -0.3 is 15.7 Å². The van der Waals surface area contributed by atoms with E-state index in [2.05, 4.69) is 30.7 Å². The van der Waals surface area contributed by atoms with Crippen LogP contribution < -0.4 is 5.73 Å². The normalized spacial score (nSPS) is 10.2. The molecule has 8 heteroatoms. The third-order valence-corrected chi connectivity index (χ3v) is 3.75. The predicted molar refractivity (Wildman–Crippen MR) is 84.1 cm³/mol. The van der Waals surface area contributed by atoms with Crippen LogP contribution in [-0.4, -0.2) is 40.6 Å². The van der Waals surface area contributed by atoms with Gasteiger partial charge in [0.2, 0.25) is 0 Å². The van der Waals surface area contributed by atoms with E-state index in [0.717, 1.165) is 0 Å². The van der Waals surface area contributed by atoms with E-state index in [1.807, 2.05) is 0 Å². The van der Waals surface area contributed by atoms with Crippen molar-refractivity contribution in [2.45, 2.75) is 20.8 Å². The number of aromatic nitrogens is 1. The van der Waals surface area contributed by atoms with Crippen LogP contribution >= 0.6 is 34.8 Å². The van der Waals surface area contributed by atoms with Crippen LogP contribution in [0.15, 0.2) is 0 Å². The lowest BCUT2D eigenvalue weighted by Gasteiger charge is -2.13. The number of halogens is 3. The van der Waals surface area contributed by atoms with Gasteiger partial charge in [0.15, 0.2) is 10.8 Å². The van der Waals surface area contributed by atoms with Crippen molar-refractivity contribution in [2.75, 3.05) is 25.4 Å².